The van der Waals surface area contributed by atoms with Crippen LogP contribution in [-0.2, 0) is 16.1 Å². The molecule has 156 valence electrons. The van der Waals surface area contributed by atoms with Crippen LogP contribution in [0.1, 0.15) is 24.2 Å². The Morgan fingerprint density at radius 2 is 1.71 bits per heavy atom. The van der Waals surface area contributed by atoms with E-state index in [1.165, 1.54) is 19.1 Å². The van der Waals surface area contributed by atoms with Crippen LogP contribution >= 0.6 is 0 Å². The van der Waals surface area contributed by atoms with Crippen LogP contribution in [0.25, 0.3) is 16.8 Å². The van der Waals surface area contributed by atoms with E-state index in [0.29, 0.717) is 5.76 Å². The number of rotatable bonds is 4. The monoisotopic (exact) mass is 415 g/mol. The Bertz CT molecular complexity index is 1210. The van der Waals surface area contributed by atoms with E-state index >= 15 is 0 Å². The first-order valence-corrected chi connectivity index (χ1v) is 10.3. The molecule has 5 rings (SSSR count). The van der Waals surface area contributed by atoms with Crippen molar-refractivity contribution in [1.29, 1.82) is 0 Å². The molecule has 3 aromatic rings. The molecule has 1 N–H and O–H groups in total. The summed E-state index contributed by atoms with van der Waals surface area (Å²) in [6.45, 7) is 2.00. The summed E-state index contributed by atoms with van der Waals surface area (Å²) >= 11 is 0. The van der Waals surface area contributed by atoms with Crippen molar-refractivity contribution < 1.29 is 18.8 Å². The summed E-state index contributed by atoms with van der Waals surface area (Å²) in [5.41, 5.74) is 1.83. The fourth-order valence-electron chi connectivity index (χ4n) is 4.22. The quantitative estimate of drug-likeness (QED) is 0.519. The highest BCUT2D eigenvalue weighted by Crippen LogP contribution is 2.33. The maximum Gasteiger partial charge on any atom is 0.331 e. The summed E-state index contributed by atoms with van der Waals surface area (Å²) in [6.07, 6.45) is 5.38. The molecule has 4 amide bonds. The molecule has 0 saturated carbocycles. The summed E-state index contributed by atoms with van der Waals surface area (Å²) in [5, 5.41) is 4.28. The smallest absolute Gasteiger partial charge is 0.331 e. The third-order valence-electron chi connectivity index (χ3n) is 5.76. The number of hydrogen-bond acceptors (Lipinski definition) is 5. The SMILES string of the molecule is O=C1NC(=O)N(Cc2ccco2)C(=O)/C1=C/c1ccc(N2CCCC2)c2ccccc12. The first-order chi connectivity index (χ1) is 15.1. The number of imide groups is 2. The fourth-order valence-corrected chi connectivity index (χ4v) is 4.22. The number of anilines is 1. The average molecular weight is 415 g/mol. The molecule has 0 radical (unpaired) electrons. The van der Waals surface area contributed by atoms with Gasteiger partial charge in [0.05, 0.1) is 12.8 Å². The van der Waals surface area contributed by atoms with Gasteiger partial charge in [0.2, 0.25) is 0 Å². The molecule has 0 spiro atoms. The fraction of sp³-hybridized carbons (Fsp3) is 0.208. The van der Waals surface area contributed by atoms with Gasteiger partial charge in [-0.2, -0.15) is 0 Å². The minimum Gasteiger partial charge on any atom is -0.467 e. The van der Waals surface area contributed by atoms with Crippen LogP contribution in [0, 0.1) is 0 Å². The molecule has 2 aliphatic heterocycles. The average Bonchev–Trinajstić information content (AvgIpc) is 3.48. The second kappa shape index (κ2) is 7.75. The van der Waals surface area contributed by atoms with E-state index in [1.807, 2.05) is 30.3 Å². The Labute approximate surface area is 178 Å². The maximum absolute atomic E-state index is 13.0. The Kier molecular flexibility index (Phi) is 4.78. The molecule has 2 aromatic carbocycles. The standard InChI is InChI=1S/C24H21N3O4/c28-22-20(23(29)27(24(30)25-22)15-17-6-5-13-31-17)14-16-9-10-21(26-11-3-4-12-26)19-8-2-1-7-18(16)19/h1-2,5-10,13-14H,3-4,11-12,15H2,(H,25,28,30)/b20-14+. The number of fused-ring (bicyclic) bond motifs is 1. The van der Waals surface area contributed by atoms with Gasteiger partial charge in [-0.1, -0.05) is 30.3 Å². The van der Waals surface area contributed by atoms with E-state index in [1.54, 1.807) is 18.2 Å². The number of nitrogens with one attached hydrogen (secondary N) is 1. The molecule has 0 unspecified atom stereocenters. The number of amides is 4. The molecular weight excluding hydrogens is 394 g/mol. The van der Waals surface area contributed by atoms with E-state index < -0.39 is 17.8 Å². The molecule has 2 saturated heterocycles. The van der Waals surface area contributed by atoms with Gasteiger partial charge in [0, 0.05) is 24.2 Å². The van der Waals surface area contributed by atoms with Gasteiger partial charge in [-0.3, -0.25) is 19.8 Å². The highest BCUT2D eigenvalue weighted by atomic mass is 16.3. The number of furan rings is 1. The van der Waals surface area contributed by atoms with Gasteiger partial charge in [-0.15, -0.1) is 0 Å². The van der Waals surface area contributed by atoms with E-state index in [9.17, 15) is 14.4 Å². The Hall–Kier alpha value is -3.87. The molecule has 2 aliphatic rings. The molecule has 7 heteroatoms. The molecule has 0 bridgehead atoms. The predicted octanol–water partition coefficient (Wildman–Crippen LogP) is 3.70. The maximum atomic E-state index is 13.0. The Morgan fingerprint density at radius 1 is 0.935 bits per heavy atom. The summed E-state index contributed by atoms with van der Waals surface area (Å²) in [4.78, 5) is 41.1. The molecular formula is C24H21N3O4. The van der Waals surface area contributed by atoms with Crippen molar-refractivity contribution in [1.82, 2.24) is 10.2 Å². The highest BCUT2D eigenvalue weighted by Gasteiger charge is 2.36. The van der Waals surface area contributed by atoms with Gasteiger partial charge >= 0.3 is 6.03 Å². The van der Waals surface area contributed by atoms with Crippen LogP contribution < -0.4 is 10.2 Å². The minimum atomic E-state index is -0.752. The van der Waals surface area contributed by atoms with Crippen molar-refractivity contribution in [2.45, 2.75) is 19.4 Å². The lowest BCUT2D eigenvalue weighted by Gasteiger charge is -2.26. The van der Waals surface area contributed by atoms with Crippen LogP contribution in [-0.4, -0.2) is 35.8 Å². The van der Waals surface area contributed by atoms with Gasteiger partial charge in [0.15, 0.2) is 0 Å². The molecule has 2 fully saturated rings. The number of benzene rings is 2. The molecule has 1 aromatic heterocycles. The second-order valence-corrected chi connectivity index (χ2v) is 7.70. The van der Waals surface area contributed by atoms with Crippen molar-refractivity contribution in [2.24, 2.45) is 0 Å². The van der Waals surface area contributed by atoms with Crippen LogP contribution in [0.3, 0.4) is 0 Å². The van der Waals surface area contributed by atoms with Crippen molar-refractivity contribution in [3.63, 3.8) is 0 Å². The molecule has 0 atom stereocenters. The molecule has 31 heavy (non-hydrogen) atoms. The second-order valence-electron chi connectivity index (χ2n) is 7.70. The normalized spacial score (nSPS) is 18.3. The lowest BCUT2D eigenvalue weighted by atomic mass is 9.99. The molecule has 3 heterocycles. The number of carbonyl (C=O) groups excluding carboxylic acids is 3. The zero-order chi connectivity index (χ0) is 21.4. The van der Waals surface area contributed by atoms with E-state index in [2.05, 4.69) is 16.3 Å². The number of barbiturate groups is 1. The lowest BCUT2D eigenvalue weighted by Crippen LogP contribution is -2.53. The third-order valence-corrected chi connectivity index (χ3v) is 5.76. The molecule has 7 nitrogen and oxygen atoms in total. The van der Waals surface area contributed by atoms with Crippen molar-refractivity contribution >= 4 is 40.4 Å². The van der Waals surface area contributed by atoms with Crippen molar-refractivity contribution in [2.75, 3.05) is 18.0 Å². The van der Waals surface area contributed by atoms with E-state index in [0.717, 1.165) is 40.0 Å². The highest BCUT2D eigenvalue weighted by molar-refractivity contribution is 6.31. The van der Waals surface area contributed by atoms with E-state index in [-0.39, 0.29) is 12.1 Å². The van der Waals surface area contributed by atoms with Crippen LogP contribution in [0.15, 0.2) is 64.8 Å². The minimum absolute atomic E-state index is 0.0447. The summed E-state index contributed by atoms with van der Waals surface area (Å²) < 4.78 is 5.25. The number of urea groups is 1. The van der Waals surface area contributed by atoms with E-state index in [4.69, 9.17) is 4.42 Å². The summed E-state index contributed by atoms with van der Waals surface area (Å²) in [5.74, 6) is -0.881. The number of hydrogen-bond donors (Lipinski definition) is 1. The zero-order valence-corrected chi connectivity index (χ0v) is 16.8. The van der Waals surface area contributed by atoms with Gasteiger partial charge in [-0.05, 0) is 48.1 Å². The number of nitrogens with zero attached hydrogens (tertiary/aromatic N) is 2. The topological polar surface area (TPSA) is 82.9 Å². The Balaban J connectivity index is 1.54. The van der Waals surface area contributed by atoms with Crippen LogP contribution in [0.5, 0.6) is 0 Å². The lowest BCUT2D eigenvalue weighted by molar-refractivity contribution is -0.130. The van der Waals surface area contributed by atoms with Gasteiger partial charge < -0.3 is 9.32 Å². The van der Waals surface area contributed by atoms with Crippen molar-refractivity contribution in [3.8, 4) is 0 Å². The summed E-state index contributed by atoms with van der Waals surface area (Å²) in [6, 6.07) is 14.5. The van der Waals surface area contributed by atoms with Gasteiger partial charge in [-0.25, -0.2) is 4.79 Å². The van der Waals surface area contributed by atoms with Gasteiger partial charge in [0.1, 0.15) is 11.3 Å². The predicted molar refractivity (Wildman–Crippen MR) is 116 cm³/mol. The molecule has 0 aliphatic carbocycles. The third kappa shape index (κ3) is 3.48. The number of carbonyl (C=O) groups is 3. The largest absolute Gasteiger partial charge is 0.467 e. The first-order valence-electron chi connectivity index (χ1n) is 10.3. The van der Waals surface area contributed by atoms with Crippen LogP contribution in [0.2, 0.25) is 0 Å². The Morgan fingerprint density at radius 3 is 2.45 bits per heavy atom. The zero-order valence-electron chi connectivity index (χ0n) is 16.8. The first kappa shape index (κ1) is 19.1. The summed E-state index contributed by atoms with van der Waals surface area (Å²) in [7, 11) is 0. The van der Waals surface area contributed by atoms with Crippen LogP contribution in [0.4, 0.5) is 10.5 Å². The van der Waals surface area contributed by atoms with Crippen molar-refractivity contribution in [3.05, 3.63) is 71.7 Å². The van der Waals surface area contributed by atoms with Gasteiger partial charge in [0.25, 0.3) is 11.8 Å².